The zero-order valence-electron chi connectivity index (χ0n) is 9.94. The van der Waals surface area contributed by atoms with E-state index >= 15 is 0 Å². The maximum atomic E-state index is 11.7. The Balaban J connectivity index is 2.06. The van der Waals surface area contributed by atoms with Crippen LogP contribution in [-0.2, 0) is 16.1 Å². The van der Waals surface area contributed by atoms with Crippen molar-refractivity contribution in [2.45, 2.75) is 24.9 Å². The third-order valence-corrected chi connectivity index (χ3v) is 4.12. The van der Waals surface area contributed by atoms with E-state index in [1.807, 2.05) is 17.5 Å². The second-order valence-corrected chi connectivity index (χ2v) is 5.51. The molecule has 1 atom stereocenters. The Labute approximate surface area is 105 Å². The average Bonchev–Trinajstić information content (AvgIpc) is 3.02. The maximum Gasteiger partial charge on any atom is 0.240 e. The monoisotopic (exact) mass is 254 g/mol. The third-order valence-electron chi connectivity index (χ3n) is 3.24. The number of nitrogens with one attached hydrogen (secondary N) is 1. The van der Waals surface area contributed by atoms with E-state index in [9.17, 15) is 4.79 Å². The fraction of sp³-hybridized carbons (Fsp3) is 0.583. The molecule has 2 rings (SSSR count). The Kier molecular flexibility index (Phi) is 3.81. The summed E-state index contributed by atoms with van der Waals surface area (Å²) in [6, 6.07) is 4.05. The Morgan fingerprint density at radius 1 is 1.71 bits per heavy atom. The molecule has 1 heterocycles. The van der Waals surface area contributed by atoms with Gasteiger partial charge in [-0.25, -0.2) is 0 Å². The van der Waals surface area contributed by atoms with Gasteiger partial charge >= 0.3 is 0 Å². The van der Waals surface area contributed by atoms with E-state index < -0.39 is 5.54 Å². The van der Waals surface area contributed by atoms with Gasteiger partial charge in [0.1, 0.15) is 5.54 Å². The van der Waals surface area contributed by atoms with E-state index in [1.54, 1.807) is 18.4 Å². The first-order chi connectivity index (χ1) is 8.19. The van der Waals surface area contributed by atoms with E-state index in [4.69, 9.17) is 10.5 Å². The minimum absolute atomic E-state index is 0.307. The number of carbonyl (C=O) groups is 1. The molecular formula is C12H18N2O2S. The SMILES string of the molecule is COCC(NCc1cccs1)(C(N)=O)C1CC1. The van der Waals surface area contributed by atoms with Gasteiger partial charge in [-0.2, -0.15) is 0 Å². The zero-order chi connectivity index (χ0) is 12.3. The molecule has 1 unspecified atom stereocenters. The van der Waals surface area contributed by atoms with Crippen LogP contribution in [-0.4, -0.2) is 25.2 Å². The molecule has 1 aromatic rings. The molecule has 1 aliphatic carbocycles. The standard InChI is InChI=1S/C12H18N2O2S/c1-16-8-12(11(13)15,9-4-5-9)14-7-10-3-2-6-17-10/h2-3,6,9,14H,4-5,7-8H2,1H3,(H2,13,15). The molecule has 1 amide bonds. The molecule has 0 aromatic carbocycles. The molecule has 94 valence electrons. The Hall–Kier alpha value is -0.910. The van der Waals surface area contributed by atoms with Crippen molar-refractivity contribution in [1.82, 2.24) is 5.32 Å². The lowest BCUT2D eigenvalue weighted by Crippen LogP contribution is -2.59. The van der Waals surface area contributed by atoms with Gasteiger partial charge < -0.3 is 10.5 Å². The fourth-order valence-corrected chi connectivity index (χ4v) is 2.78. The molecule has 1 aromatic heterocycles. The van der Waals surface area contributed by atoms with E-state index in [0.29, 0.717) is 19.1 Å². The molecular weight excluding hydrogens is 236 g/mol. The van der Waals surface area contributed by atoms with E-state index in [1.165, 1.54) is 4.88 Å². The molecule has 1 aliphatic rings. The van der Waals surface area contributed by atoms with Crippen LogP contribution in [0.25, 0.3) is 0 Å². The van der Waals surface area contributed by atoms with Crippen LogP contribution in [0.3, 0.4) is 0 Å². The van der Waals surface area contributed by atoms with Gasteiger partial charge in [-0.3, -0.25) is 10.1 Å². The number of carbonyl (C=O) groups excluding carboxylic acids is 1. The first-order valence-electron chi connectivity index (χ1n) is 5.75. The molecule has 4 nitrogen and oxygen atoms in total. The Morgan fingerprint density at radius 3 is 2.94 bits per heavy atom. The van der Waals surface area contributed by atoms with Crippen molar-refractivity contribution in [1.29, 1.82) is 0 Å². The number of nitrogens with two attached hydrogens (primary N) is 1. The largest absolute Gasteiger partial charge is 0.382 e. The minimum Gasteiger partial charge on any atom is -0.382 e. The molecule has 0 bridgehead atoms. The van der Waals surface area contributed by atoms with Gasteiger partial charge in [-0.05, 0) is 30.2 Å². The fourth-order valence-electron chi connectivity index (χ4n) is 2.13. The van der Waals surface area contributed by atoms with Crippen LogP contribution in [0.2, 0.25) is 0 Å². The predicted molar refractivity (Wildman–Crippen MR) is 67.7 cm³/mol. The molecule has 0 saturated heterocycles. The van der Waals surface area contributed by atoms with Crippen molar-refractivity contribution in [2.24, 2.45) is 11.7 Å². The Bertz CT molecular complexity index is 376. The van der Waals surface area contributed by atoms with Crippen LogP contribution in [0.15, 0.2) is 17.5 Å². The summed E-state index contributed by atoms with van der Waals surface area (Å²) in [4.78, 5) is 12.9. The molecule has 3 N–H and O–H groups in total. The van der Waals surface area contributed by atoms with Crippen LogP contribution in [0.4, 0.5) is 0 Å². The smallest absolute Gasteiger partial charge is 0.240 e. The molecule has 5 heteroatoms. The number of amides is 1. The van der Waals surface area contributed by atoms with Gasteiger partial charge in [-0.15, -0.1) is 11.3 Å². The van der Waals surface area contributed by atoms with Crippen LogP contribution in [0, 0.1) is 5.92 Å². The summed E-state index contributed by atoms with van der Waals surface area (Å²) >= 11 is 1.67. The first-order valence-corrected chi connectivity index (χ1v) is 6.63. The van der Waals surface area contributed by atoms with Crippen LogP contribution >= 0.6 is 11.3 Å². The minimum atomic E-state index is -0.696. The number of ether oxygens (including phenoxy) is 1. The number of hydrogen-bond acceptors (Lipinski definition) is 4. The molecule has 0 aliphatic heterocycles. The van der Waals surface area contributed by atoms with Crippen molar-refractivity contribution in [3.05, 3.63) is 22.4 Å². The van der Waals surface area contributed by atoms with Gasteiger partial charge in [0.15, 0.2) is 0 Å². The summed E-state index contributed by atoms with van der Waals surface area (Å²) in [5, 5.41) is 5.33. The zero-order valence-corrected chi connectivity index (χ0v) is 10.8. The van der Waals surface area contributed by atoms with Crippen molar-refractivity contribution in [3.8, 4) is 0 Å². The number of thiophene rings is 1. The summed E-state index contributed by atoms with van der Waals surface area (Å²) in [6.07, 6.45) is 2.09. The van der Waals surface area contributed by atoms with Crippen molar-refractivity contribution >= 4 is 17.2 Å². The third kappa shape index (κ3) is 2.68. The van der Waals surface area contributed by atoms with E-state index in [2.05, 4.69) is 5.32 Å². The van der Waals surface area contributed by atoms with Crippen LogP contribution < -0.4 is 11.1 Å². The number of hydrogen-bond donors (Lipinski definition) is 2. The van der Waals surface area contributed by atoms with Crippen LogP contribution in [0.1, 0.15) is 17.7 Å². The maximum absolute atomic E-state index is 11.7. The van der Waals surface area contributed by atoms with Crippen molar-refractivity contribution in [3.63, 3.8) is 0 Å². The second-order valence-electron chi connectivity index (χ2n) is 4.48. The topological polar surface area (TPSA) is 64.3 Å². The van der Waals surface area contributed by atoms with E-state index in [0.717, 1.165) is 12.8 Å². The molecule has 0 spiro atoms. The lowest BCUT2D eigenvalue weighted by molar-refractivity contribution is -0.127. The van der Waals surface area contributed by atoms with Crippen molar-refractivity contribution in [2.75, 3.05) is 13.7 Å². The number of rotatable bonds is 7. The summed E-state index contributed by atoms with van der Waals surface area (Å²) < 4.78 is 5.18. The second kappa shape index (κ2) is 5.16. The highest BCUT2D eigenvalue weighted by molar-refractivity contribution is 7.09. The summed E-state index contributed by atoms with van der Waals surface area (Å²) in [5.74, 6) is 0.0123. The normalized spacial score (nSPS) is 18.9. The predicted octanol–water partition coefficient (Wildman–Crippen LogP) is 1.12. The van der Waals surface area contributed by atoms with Gasteiger partial charge in [0.2, 0.25) is 5.91 Å². The van der Waals surface area contributed by atoms with Gasteiger partial charge in [0.25, 0.3) is 0 Å². The number of primary amides is 1. The average molecular weight is 254 g/mol. The van der Waals surface area contributed by atoms with Gasteiger partial charge in [0, 0.05) is 18.5 Å². The van der Waals surface area contributed by atoms with E-state index in [-0.39, 0.29) is 5.91 Å². The molecule has 1 saturated carbocycles. The highest BCUT2D eigenvalue weighted by atomic mass is 32.1. The summed E-state index contributed by atoms with van der Waals surface area (Å²) in [6.45, 7) is 1.01. The quantitative estimate of drug-likeness (QED) is 0.766. The van der Waals surface area contributed by atoms with Gasteiger partial charge in [0.05, 0.1) is 6.61 Å². The van der Waals surface area contributed by atoms with Crippen LogP contribution in [0.5, 0.6) is 0 Å². The summed E-state index contributed by atoms with van der Waals surface area (Å²) in [7, 11) is 1.60. The highest BCUT2D eigenvalue weighted by Gasteiger charge is 2.49. The lowest BCUT2D eigenvalue weighted by Gasteiger charge is -2.31. The number of methoxy groups -OCH3 is 1. The molecule has 1 fully saturated rings. The van der Waals surface area contributed by atoms with Crippen molar-refractivity contribution < 1.29 is 9.53 Å². The highest BCUT2D eigenvalue weighted by Crippen LogP contribution is 2.40. The Morgan fingerprint density at radius 2 is 2.47 bits per heavy atom. The lowest BCUT2D eigenvalue weighted by atomic mass is 9.93. The first kappa shape index (κ1) is 12.5. The molecule has 0 radical (unpaired) electrons. The van der Waals surface area contributed by atoms with Gasteiger partial charge in [-0.1, -0.05) is 6.07 Å². The molecule has 17 heavy (non-hydrogen) atoms. The summed E-state index contributed by atoms with van der Waals surface area (Å²) in [5.41, 5.74) is 4.86.